The number of phenols is 1. The zero-order valence-corrected chi connectivity index (χ0v) is 9.93. The maximum absolute atomic E-state index is 11.6. The van der Waals surface area contributed by atoms with Crippen LogP contribution in [0.2, 0.25) is 0 Å². The molecule has 1 unspecified atom stereocenters. The molecule has 5 heteroatoms. The van der Waals surface area contributed by atoms with E-state index in [-0.39, 0.29) is 17.9 Å². The minimum Gasteiger partial charge on any atom is -0.507 e. The normalized spacial score (nSPS) is 11.9. The lowest BCUT2D eigenvalue weighted by molar-refractivity contribution is 0.0441. The molecule has 1 rings (SSSR count). The van der Waals surface area contributed by atoms with Crippen LogP contribution in [-0.2, 0) is 4.74 Å². The number of esters is 1. The van der Waals surface area contributed by atoms with Crippen molar-refractivity contribution in [2.45, 2.75) is 19.4 Å². The van der Waals surface area contributed by atoms with E-state index in [0.717, 1.165) is 0 Å². The SMILES string of the molecule is CNc1ccc(O)c(C(=O)OCCC(C)O)c1. The van der Waals surface area contributed by atoms with Gasteiger partial charge in [0.1, 0.15) is 11.3 Å². The maximum Gasteiger partial charge on any atom is 0.341 e. The van der Waals surface area contributed by atoms with Crippen LogP contribution < -0.4 is 5.32 Å². The first-order valence-electron chi connectivity index (χ1n) is 5.40. The number of benzene rings is 1. The fourth-order valence-corrected chi connectivity index (χ4v) is 1.25. The summed E-state index contributed by atoms with van der Waals surface area (Å²) in [5, 5.41) is 21.4. The van der Waals surface area contributed by atoms with E-state index in [2.05, 4.69) is 5.32 Å². The largest absolute Gasteiger partial charge is 0.507 e. The third-order valence-corrected chi connectivity index (χ3v) is 2.27. The average Bonchev–Trinajstić information content (AvgIpc) is 2.29. The molecule has 1 aromatic rings. The van der Waals surface area contributed by atoms with Gasteiger partial charge in [-0.1, -0.05) is 0 Å². The Labute approximate surface area is 100 Å². The number of ether oxygens (including phenoxy) is 1. The zero-order chi connectivity index (χ0) is 12.8. The minimum atomic E-state index is -0.597. The summed E-state index contributed by atoms with van der Waals surface area (Å²) in [6.07, 6.45) is -0.141. The van der Waals surface area contributed by atoms with E-state index in [4.69, 9.17) is 9.84 Å². The zero-order valence-electron chi connectivity index (χ0n) is 9.93. The molecule has 17 heavy (non-hydrogen) atoms. The molecular weight excluding hydrogens is 222 g/mol. The molecule has 5 nitrogen and oxygen atoms in total. The summed E-state index contributed by atoms with van der Waals surface area (Å²) in [5.41, 5.74) is 0.827. The van der Waals surface area contributed by atoms with Gasteiger partial charge in [0, 0.05) is 19.2 Å². The van der Waals surface area contributed by atoms with Crippen molar-refractivity contribution < 1.29 is 19.7 Å². The highest BCUT2D eigenvalue weighted by atomic mass is 16.5. The van der Waals surface area contributed by atoms with Gasteiger partial charge in [0.2, 0.25) is 0 Å². The lowest BCUT2D eigenvalue weighted by Crippen LogP contribution is -2.11. The Hall–Kier alpha value is -1.75. The van der Waals surface area contributed by atoms with Crippen molar-refractivity contribution in [2.24, 2.45) is 0 Å². The number of aliphatic hydroxyl groups is 1. The number of hydrogen-bond donors (Lipinski definition) is 3. The molecule has 0 aromatic heterocycles. The van der Waals surface area contributed by atoms with Crippen LogP contribution in [0.1, 0.15) is 23.7 Å². The van der Waals surface area contributed by atoms with Crippen LogP contribution in [0.25, 0.3) is 0 Å². The number of phenolic OH excluding ortho intramolecular Hbond substituents is 1. The number of carbonyl (C=O) groups excluding carboxylic acids is 1. The van der Waals surface area contributed by atoms with Crippen molar-refractivity contribution >= 4 is 11.7 Å². The smallest absolute Gasteiger partial charge is 0.341 e. The molecular formula is C12H17NO4. The van der Waals surface area contributed by atoms with Gasteiger partial charge in [-0.2, -0.15) is 0 Å². The Bertz CT molecular complexity index is 390. The van der Waals surface area contributed by atoms with Crippen molar-refractivity contribution in [2.75, 3.05) is 19.0 Å². The van der Waals surface area contributed by atoms with Gasteiger partial charge in [0.25, 0.3) is 0 Å². The Morgan fingerprint density at radius 1 is 1.53 bits per heavy atom. The van der Waals surface area contributed by atoms with Crippen molar-refractivity contribution in [1.82, 2.24) is 0 Å². The highest BCUT2D eigenvalue weighted by Crippen LogP contribution is 2.22. The van der Waals surface area contributed by atoms with Crippen molar-refractivity contribution in [3.63, 3.8) is 0 Å². The maximum atomic E-state index is 11.6. The minimum absolute atomic E-state index is 0.113. The van der Waals surface area contributed by atoms with Gasteiger partial charge < -0.3 is 20.3 Å². The first-order valence-corrected chi connectivity index (χ1v) is 5.40. The van der Waals surface area contributed by atoms with Gasteiger partial charge in [0.05, 0.1) is 12.7 Å². The lowest BCUT2D eigenvalue weighted by Gasteiger charge is -2.09. The molecule has 0 aliphatic rings. The summed E-state index contributed by atoms with van der Waals surface area (Å²) in [6, 6.07) is 4.60. The fourth-order valence-electron chi connectivity index (χ4n) is 1.25. The van der Waals surface area contributed by atoms with E-state index in [1.54, 1.807) is 20.0 Å². The summed E-state index contributed by atoms with van der Waals surface area (Å²) < 4.78 is 4.93. The average molecular weight is 239 g/mol. The van der Waals surface area contributed by atoms with Gasteiger partial charge >= 0.3 is 5.97 Å². The van der Waals surface area contributed by atoms with E-state index >= 15 is 0 Å². The summed E-state index contributed by atoms with van der Waals surface area (Å²) >= 11 is 0. The Kier molecular flexibility index (Phi) is 4.78. The van der Waals surface area contributed by atoms with Crippen LogP contribution in [0.15, 0.2) is 18.2 Å². The molecule has 0 bridgehead atoms. The van der Waals surface area contributed by atoms with Gasteiger partial charge in [-0.15, -0.1) is 0 Å². The van der Waals surface area contributed by atoms with Crippen molar-refractivity contribution in [1.29, 1.82) is 0 Å². The molecule has 0 radical (unpaired) electrons. The molecule has 0 aliphatic carbocycles. The summed E-state index contributed by atoms with van der Waals surface area (Å²) in [6.45, 7) is 1.74. The Morgan fingerprint density at radius 2 is 2.24 bits per heavy atom. The molecule has 3 N–H and O–H groups in total. The quantitative estimate of drug-likeness (QED) is 0.534. The monoisotopic (exact) mass is 239 g/mol. The van der Waals surface area contributed by atoms with Crippen LogP contribution in [0.3, 0.4) is 0 Å². The fraction of sp³-hybridized carbons (Fsp3) is 0.417. The standard InChI is InChI=1S/C12H17NO4/c1-8(14)5-6-17-12(16)10-7-9(13-2)3-4-11(10)15/h3-4,7-8,13-15H,5-6H2,1-2H3. The molecule has 1 aromatic carbocycles. The van der Waals surface area contributed by atoms with Crippen LogP contribution in [0.5, 0.6) is 5.75 Å². The topological polar surface area (TPSA) is 78.8 Å². The molecule has 0 saturated heterocycles. The Morgan fingerprint density at radius 3 is 2.82 bits per heavy atom. The Balaban J connectivity index is 2.67. The van der Waals surface area contributed by atoms with E-state index in [1.165, 1.54) is 12.1 Å². The summed E-state index contributed by atoms with van der Waals surface area (Å²) in [7, 11) is 1.72. The van der Waals surface area contributed by atoms with E-state index in [0.29, 0.717) is 12.1 Å². The van der Waals surface area contributed by atoms with E-state index in [1.807, 2.05) is 0 Å². The van der Waals surface area contributed by atoms with Gasteiger partial charge in [-0.05, 0) is 25.1 Å². The number of aromatic hydroxyl groups is 1. The molecule has 0 amide bonds. The highest BCUT2D eigenvalue weighted by molar-refractivity contribution is 5.93. The molecule has 0 fully saturated rings. The molecule has 94 valence electrons. The molecule has 1 atom stereocenters. The van der Waals surface area contributed by atoms with Gasteiger partial charge in [-0.3, -0.25) is 0 Å². The second-order valence-electron chi connectivity index (χ2n) is 3.76. The predicted octanol–water partition coefficient (Wildman–Crippen LogP) is 1.36. The summed E-state index contributed by atoms with van der Waals surface area (Å²) in [5.74, 6) is -0.716. The molecule has 0 aliphatic heterocycles. The van der Waals surface area contributed by atoms with Crippen LogP contribution in [0.4, 0.5) is 5.69 Å². The third-order valence-electron chi connectivity index (χ3n) is 2.27. The number of carbonyl (C=O) groups is 1. The predicted molar refractivity (Wildman–Crippen MR) is 64.2 cm³/mol. The second-order valence-corrected chi connectivity index (χ2v) is 3.76. The second kappa shape index (κ2) is 6.10. The summed E-state index contributed by atoms with van der Waals surface area (Å²) in [4.78, 5) is 11.6. The lowest BCUT2D eigenvalue weighted by atomic mass is 10.2. The highest BCUT2D eigenvalue weighted by Gasteiger charge is 2.13. The third kappa shape index (κ3) is 3.96. The molecule has 0 heterocycles. The number of rotatable bonds is 5. The molecule has 0 saturated carbocycles. The van der Waals surface area contributed by atoms with Gasteiger partial charge in [0.15, 0.2) is 0 Å². The van der Waals surface area contributed by atoms with E-state index in [9.17, 15) is 9.90 Å². The number of hydrogen-bond acceptors (Lipinski definition) is 5. The first-order chi connectivity index (χ1) is 8.04. The number of anilines is 1. The van der Waals surface area contributed by atoms with Gasteiger partial charge in [-0.25, -0.2) is 4.79 Å². The van der Waals surface area contributed by atoms with Crippen LogP contribution >= 0.6 is 0 Å². The van der Waals surface area contributed by atoms with Crippen LogP contribution in [-0.4, -0.2) is 35.9 Å². The van der Waals surface area contributed by atoms with Crippen molar-refractivity contribution in [3.05, 3.63) is 23.8 Å². The molecule has 0 spiro atoms. The first kappa shape index (κ1) is 13.3. The van der Waals surface area contributed by atoms with Crippen LogP contribution in [0, 0.1) is 0 Å². The number of nitrogens with one attached hydrogen (secondary N) is 1. The van der Waals surface area contributed by atoms with E-state index < -0.39 is 12.1 Å². The number of aliphatic hydroxyl groups excluding tert-OH is 1. The van der Waals surface area contributed by atoms with Crippen molar-refractivity contribution in [3.8, 4) is 5.75 Å².